The van der Waals surface area contributed by atoms with Crippen molar-refractivity contribution in [2.24, 2.45) is 0 Å². The Morgan fingerprint density at radius 3 is 3.05 bits per heavy atom. The predicted molar refractivity (Wildman–Crippen MR) is 91.0 cm³/mol. The first-order chi connectivity index (χ1) is 10.2. The highest BCUT2D eigenvalue weighted by Crippen LogP contribution is 2.40. The Kier molecular flexibility index (Phi) is 4.42. The van der Waals surface area contributed by atoms with E-state index < -0.39 is 0 Å². The van der Waals surface area contributed by atoms with Crippen molar-refractivity contribution in [2.75, 3.05) is 21.9 Å². The summed E-state index contributed by atoms with van der Waals surface area (Å²) < 4.78 is 2.31. The fourth-order valence-electron chi connectivity index (χ4n) is 2.37. The molecule has 1 aromatic heterocycles. The Hall–Kier alpha value is -1.17. The van der Waals surface area contributed by atoms with Crippen LogP contribution in [0, 0.1) is 0 Å². The van der Waals surface area contributed by atoms with E-state index in [1.165, 1.54) is 17.4 Å². The molecule has 0 unspecified atom stereocenters. The lowest BCUT2D eigenvalue weighted by molar-refractivity contribution is 1.05. The molecule has 110 valence electrons. The average Bonchev–Trinajstić information content (AvgIpc) is 2.88. The van der Waals surface area contributed by atoms with Gasteiger partial charge in [-0.1, -0.05) is 42.6 Å². The largest absolute Gasteiger partial charge is 0.337 e. The number of para-hydroxylation sites is 1. The molecule has 0 aliphatic carbocycles. The van der Waals surface area contributed by atoms with Crippen molar-refractivity contribution in [1.82, 2.24) is 9.97 Å². The Morgan fingerprint density at radius 1 is 1.38 bits per heavy atom. The molecular weight excluding hydrogens is 327 g/mol. The zero-order chi connectivity index (χ0) is 14.8. The Balaban J connectivity index is 1.97. The highest BCUT2D eigenvalue weighted by Gasteiger charge is 2.23. The molecule has 4 nitrogen and oxygen atoms in total. The first-order valence-corrected chi connectivity index (χ1v) is 8.36. The van der Waals surface area contributed by atoms with Gasteiger partial charge in [-0.3, -0.25) is 0 Å². The van der Waals surface area contributed by atoms with Crippen LogP contribution in [-0.4, -0.2) is 22.3 Å². The first-order valence-electron chi connectivity index (χ1n) is 6.66. The van der Waals surface area contributed by atoms with E-state index in [1.807, 2.05) is 24.1 Å². The van der Waals surface area contributed by atoms with Crippen LogP contribution in [0.4, 0.5) is 17.2 Å². The minimum absolute atomic E-state index is 0.175. The molecule has 1 aliphatic rings. The van der Waals surface area contributed by atoms with Crippen LogP contribution in [0.15, 0.2) is 24.4 Å². The van der Waals surface area contributed by atoms with Crippen LogP contribution in [-0.2, 0) is 6.42 Å². The number of anilines is 3. The third kappa shape index (κ3) is 3.05. The number of rotatable bonds is 4. The van der Waals surface area contributed by atoms with Gasteiger partial charge in [0.2, 0.25) is 5.28 Å². The van der Waals surface area contributed by atoms with Crippen molar-refractivity contribution in [3.05, 3.63) is 40.3 Å². The summed E-state index contributed by atoms with van der Waals surface area (Å²) in [6.45, 7) is 3.17. The quantitative estimate of drug-likeness (QED) is 0.652. The van der Waals surface area contributed by atoms with Gasteiger partial charge < -0.3 is 9.62 Å². The summed E-state index contributed by atoms with van der Waals surface area (Å²) in [4.78, 5) is 8.02. The minimum Gasteiger partial charge on any atom is -0.337 e. The van der Waals surface area contributed by atoms with Gasteiger partial charge in [-0.2, -0.15) is 4.98 Å². The van der Waals surface area contributed by atoms with Crippen LogP contribution < -0.4 is 9.62 Å². The van der Waals surface area contributed by atoms with E-state index in [0.29, 0.717) is 10.8 Å². The molecule has 1 N–H and O–H groups in total. The third-order valence-corrected chi connectivity index (χ3v) is 4.60. The Bertz CT molecular complexity index is 663. The van der Waals surface area contributed by atoms with Crippen LogP contribution in [0.5, 0.6) is 0 Å². The van der Waals surface area contributed by atoms with Gasteiger partial charge in [-0.05, 0) is 29.7 Å². The van der Waals surface area contributed by atoms with Crippen molar-refractivity contribution in [2.45, 2.75) is 13.3 Å². The van der Waals surface area contributed by atoms with Gasteiger partial charge in [-0.25, -0.2) is 4.98 Å². The normalized spacial score (nSPS) is 13.4. The number of hydrogen-bond donors (Lipinski definition) is 1. The molecule has 1 aliphatic heterocycles. The van der Waals surface area contributed by atoms with E-state index in [1.54, 1.807) is 0 Å². The molecule has 3 rings (SSSR count). The second-order valence-corrected chi connectivity index (χ2v) is 6.57. The van der Waals surface area contributed by atoms with Gasteiger partial charge in [0.15, 0.2) is 5.82 Å². The molecule has 0 radical (unpaired) electrons. The van der Waals surface area contributed by atoms with Crippen molar-refractivity contribution in [1.29, 1.82) is 0 Å². The SMILES string of the molecule is CCSN1CCc2cccc(Nc3nc(Cl)ncc3Cl)c21. The minimum atomic E-state index is 0.175. The van der Waals surface area contributed by atoms with Gasteiger partial charge in [0.05, 0.1) is 17.6 Å². The van der Waals surface area contributed by atoms with Gasteiger partial charge in [0.1, 0.15) is 5.02 Å². The van der Waals surface area contributed by atoms with Crippen LogP contribution in [0.25, 0.3) is 0 Å². The summed E-state index contributed by atoms with van der Waals surface area (Å²) in [6.07, 6.45) is 2.55. The zero-order valence-corrected chi connectivity index (χ0v) is 13.8. The molecule has 1 aromatic carbocycles. The second-order valence-electron chi connectivity index (χ2n) is 4.54. The Morgan fingerprint density at radius 2 is 2.24 bits per heavy atom. The number of hydrogen-bond acceptors (Lipinski definition) is 5. The lowest BCUT2D eigenvalue weighted by Gasteiger charge is -2.20. The molecule has 2 aromatic rings. The zero-order valence-electron chi connectivity index (χ0n) is 11.4. The van der Waals surface area contributed by atoms with Crippen LogP contribution >= 0.6 is 35.1 Å². The molecule has 0 fully saturated rings. The number of nitrogens with one attached hydrogen (secondary N) is 1. The standard InChI is InChI=1S/C14H14Cl2N4S/c1-2-21-20-7-6-9-4-3-5-11(12(9)20)18-13-10(15)8-17-14(16)19-13/h3-5,8H,2,6-7H2,1H3,(H,17,18,19). The van der Waals surface area contributed by atoms with Crippen molar-refractivity contribution < 1.29 is 0 Å². The van der Waals surface area contributed by atoms with Gasteiger partial charge in [0.25, 0.3) is 0 Å². The molecule has 0 saturated carbocycles. The maximum absolute atomic E-state index is 6.13. The predicted octanol–water partition coefficient (Wildman–Crippen LogP) is 4.56. The van der Waals surface area contributed by atoms with E-state index >= 15 is 0 Å². The molecule has 0 atom stereocenters. The van der Waals surface area contributed by atoms with Gasteiger partial charge in [-0.15, -0.1) is 0 Å². The first kappa shape index (κ1) is 14.8. The molecule has 0 spiro atoms. The molecule has 2 heterocycles. The topological polar surface area (TPSA) is 41.0 Å². The Labute approximate surface area is 138 Å². The maximum Gasteiger partial charge on any atom is 0.224 e. The fourth-order valence-corrected chi connectivity index (χ4v) is 3.52. The van der Waals surface area contributed by atoms with Crippen LogP contribution in [0.1, 0.15) is 12.5 Å². The molecule has 0 amide bonds. The number of halogens is 2. The molecule has 0 bridgehead atoms. The highest BCUT2D eigenvalue weighted by atomic mass is 35.5. The van der Waals surface area contributed by atoms with Crippen molar-refractivity contribution in [3.63, 3.8) is 0 Å². The van der Waals surface area contributed by atoms with E-state index in [9.17, 15) is 0 Å². The number of aromatic nitrogens is 2. The summed E-state index contributed by atoms with van der Waals surface area (Å²) in [5.41, 5.74) is 3.52. The third-order valence-electron chi connectivity index (χ3n) is 3.21. The summed E-state index contributed by atoms with van der Waals surface area (Å²) in [5.74, 6) is 1.56. The number of nitrogens with zero attached hydrogens (tertiary/aromatic N) is 3. The van der Waals surface area contributed by atoms with Gasteiger partial charge in [0, 0.05) is 12.3 Å². The second kappa shape index (κ2) is 6.30. The highest BCUT2D eigenvalue weighted by molar-refractivity contribution is 8.00. The van der Waals surface area contributed by atoms with Crippen molar-refractivity contribution >= 4 is 52.3 Å². The summed E-state index contributed by atoms with van der Waals surface area (Å²) in [7, 11) is 0. The van der Waals surface area contributed by atoms with E-state index in [2.05, 4.69) is 32.6 Å². The molecule has 7 heteroatoms. The molecular formula is C14H14Cl2N4S. The number of benzene rings is 1. The van der Waals surface area contributed by atoms with E-state index in [0.717, 1.165) is 24.4 Å². The van der Waals surface area contributed by atoms with Gasteiger partial charge >= 0.3 is 0 Å². The molecule has 21 heavy (non-hydrogen) atoms. The maximum atomic E-state index is 6.13. The van der Waals surface area contributed by atoms with Crippen LogP contribution in [0.2, 0.25) is 10.3 Å². The summed E-state index contributed by atoms with van der Waals surface area (Å²) >= 11 is 13.8. The van der Waals surface area contributed by atoms with E-state index in [-0.39, 0.29) is 5.28 Å². The molecule has 0 saturated heterocycles. The summed E-state index contributed by atoms with van der Waals surface area (Å²) in [6, 6.07) is 6.23. The monoisotopic (exact) mass is 340 g/mol. The lowest BCUT2D eigenvalue weighted by atomic mass is 10.1. The average molecular weight is 341 g/mol. The smallest absolute Gasteiger partial charge is 0.224 e. The fraction of sp³-hybridized carbons (Fsp3) is 0.286. The van der Waals surface area contributed by atoms with Crippen molar-refractivity contribution in [3.8, 4) is 0 Å². The number of fused-ring (bicyclic) bond motifs is 1. The summed E-state index contributed by atoms with van der Waals surface area (Å²) in [5, 5.41) is 3.90. The van der Waals surface area contributed by atoms with Crippen LogP contribution in [0.3, 0.4) is 0 Å². The van der Waals surface area contributed by atoms with E-state index in [4.69, 9.17) is 23.2 Å². The lowest BCUT2D eigenvalue weighted by Crippen LogP contribution is -2.12.